The molecule has 0 aliphatic carbocycles. The monoisotopic (exact) mass is 404 g/mol. The van der Waals surface area contributed by atoms with Crippen molar-refractivity contribution in [3.05, 3.63) is 58.7 Å². The summed E-state index contributed by atoms with van der Waals surface area (Å²) in [6, 6.07) is 13.5. The summed E-state index contributed by atoms with van der Waals surface area (Å²) in [5.41, 5.74) is 9.73. The standard InChI is InChI=1S/C28H40N2/c1-7-12-13-14-28(30-27-19-24(10-4)16-25(11-5)20-27)21(6)29-26-17-22(8-2)15-23(9-3)18-26/h15-20H,7-14H2,1-6H3. The lowest BCUT2D eigenvalue weighted by Gasteiger charge is -2.10. The van der Waals surface area contributed by atoms with Gasteiger partial charge >= 0.3 is 0 Å². The number of rotatable bonds is 11. The number of hydrogen-bond donors (Lipinski definition) is 0. The van der Waals surface area contributed by atoms with Gasteiger partial charge in [0.2, 0.25) is 0 Å². The highest BCUT2D eigenvalue weighted by atomic mass is 14.8. The lowest BCUT2D eigenvalue weighted by Crippen LogP contribution is -2.10. The molecule has 2 aromatic carbocycles. The van der Waals surface area contributed by atoms with Crippen LogP contribution in [0.4, 0.5) is 11.4 Å². The smallest absolute Gasteiger partial charge is 0.0639 e. The maximum atomic E-state index is 5.11. The minimum absolute atomic E-state index is 0.981. The van der Waals surface area contributed by atoms with Gasteiger partial charge in [-0.25, -0.2) is 0 Å². The average Bonchev–Trinajstić information content (AvgIpc) is 2.77. The third kappa shape index (κ3) is 7.23. The summed E-state index contributed by atoms with van der Waals surface area (Å²) in [6.07, 6.45) is 8.74. The van der Waals surface area contributed by atoms with Crippen molar-refractivity contribution in [1.82, 2.24) is 0 Å². The van der Waals surface area contributed by atoms with Gasteiger partial charge in [0.05, 0.1) is 22.8 Å². The van der Waals surface area contributed by atoms with Crippen molar-refractivity contribution in [2.24, 2.45) is 9.98 Å². The SMILES string of the molecule is CCCCCC(=Nc1cc(CC)cc(CC)c1)C(C)=Nc1cc(CC)cc(CC)c1. The van der Waals surface area contributed by atoms with Crippen molar-refractivity contribution in [2.45, 2.75) is 92.9 Å². The Balaban J connectivity index is 2.45. The van der Waals surface area contributed by atoms with Gasteiger partial charge in [0.25, 0.3) is 0 Å². The van der Waals surface area contributed by atoms with Crippen LogP contribution >= 0.6 is 0 Å². The van der Waals surface area contributed by atoms with Gasteiger partial charge in [-0.05, 0) is 92.0 Å². The highest BCUT2D eigenvalue weighted by Gasteiger charge is 2.08. The summed E-state index contributed by atoms with van der Waals surface area (Å²) >= 11 is 0. The minimum Gasteiger partial charge on any atom is -0.252 e. The fraction of sp³-hybridized carbons (Fsp3) is 0.500. The molecule has 0 amide bonds. The van der Waals surface area contributed by atoms with Crippen LogP contribution < -0.4 is 0 Å². The lowest BCUT2D eigenvalue weighted by atomic mass is 10.0. The van der Waals surface area contributed by atoms with Crippen LogP contribution in [0, 0.1) is 0 Å². The molecule has 2 nitrogen and oxygen atoms in total. The van der Waals surface area contributed by atoms with Crippen LogP contribution in [0.2, 0.25) is 0 Å². The van der Waals surface area contributed by atoms with E-state index in [2.05, 4.69) is 77.9 Å². The Labute approximate surface area is 184 Å². The molecule has 0 radical (unpaired) electrons. The van der Waals surface area contributed by atoms with Gasteiger partial charge in [-0.15, -0.1) is 0 Å². The molecule has 2 heteroatoms. The quantitative estimate of drug-likeness (QED) is 0.265. The van der Waals surface area contributed by atoms with Crippen molar-refractivity contribution in [3.8, 4) is 0 Å². The largest absolute Gasteiger partial charge is 0.252 e. The van der Waals surface area contributed by atoms with Crippen molar-refractivity contribution in [1.29, 1.82) is 0 Å². The molecule has 0 atom stereocenters. The van der Waals surface area contributed by atoms with E-state index in [1.54, 1.807) is 0 Å². The van der Waals surface area contributed by atoms with Crippen LogP contribution in [0.25, 0.3) is 0 Å². The van der Waals surface area contributed by atoms with Gasteiger partial charge < -0.3 is 0 Å². The van der Waals surface area contributed by atoms with Crippen LogP contribution in [0.15, 0.2) is 46.4 Å². The fourth-order valence-electron chi connectivity index (χ4n) is 3.71. The van der Waals surface area contributed by atoms with E-state index in [1.165, 1.54) is 35.1 Å². The molecular formula is C28H40N2. The molecular weight excluding hydrogens is 364 g/mol. The number of benzene rings is 2. The van der Waals surface area contributed by atoms with Gasteiger partial charge in [-0.3, -0.25) is 9.98 Å². The van der Waals surface area contributed by atoms with E-state index in [4.69, 9.17) is 9.98 Å². The molecule has 162 valence electrons. The fourth-order valence-corrected chi connectivity index (χ4v) is 3.71. The summed E-state index contributed by atoms with van der Waals surface area (Å²) in [5, 5.41) is 0. The summed E-state index contributed by atoms with van der Waals surface area (Å²) in [4.78, 5) is 10.1. The van der Waals surface area contributed by atoms with Gasteiger partial charge in [-0.2, -0.15) is 0 Å². The van der Waals surface area contributed by atoms with Crippen LogP contribution in [0.3, 0.4) is 0 Å². The first-order chi connectivity index (χ1) is 14.5. The molecule has 0 aliphatic rings. The molecule has 0 heterocycles. The van der Waals surface area contributed by atoms with Crippen molar-refractivity contribution >= 4 is 22.8 Å². The van der Waals surface area contributed by atoms with E-state index in [1.807, 2.05) is 0 Å². The van der Waals surface area contributed by atoms with Crippen LogP contribution in [-0.4, -0.2) is 11.4 Å². The molecule has 30 heavy (non-hydrogen) atoms. The van der Waals surface area contributed by atoms with Gasteiger partial charge in [0, 0.05) is 0 Å². The third-order valence-corrected chi connectivity index (χ3v) is 5.70. The molecule has 0 unspecified atom stereocenters. The van der Waals surface area contributed by atoms with Crippen LogP contribution in [0.1, 0.15) is 89.5 Å². The average molecular weight is 405 g/mol. The van der Waals surface area contributed by atoms with Gasteiger partial charge in [0.15, 0.2) is 0 Å². The summed E-state index contributed by atoms with van der Waals surface area (Å²) < 4.78 is 0. The van der Waals surface area contributed by atoms with E-state index in [9.17, 15) is 0 Å². The Morgan fingerprint density at radius 3 is 1.43 bits per heavy atom. The zero-order chi connectivity index (χ0) is 21.9. The van der Waals surface area contributed by atoms with E-state index in [-0.39, 0.29) is 0 Å². The highest BCUT2D eigenvalue weighted by Crippen LogP contribution is 2.23. The first kappa shape index (κ1) is 24.1. The van der Waals surface area contributed by atoms with E-state index in [0.29, 0.717) is 0 Å². The summed E-state index contributed by atoms with van der Waals surface area (Å²) in [5.74, 6) is 0. The van der Waals surface area contributed by atoms with E-state index < -0.39 is 0 Å². The molecule has 2 rings (SSSR count). The van der Waals surface area contributed by atoms with E-state index in [0.717, 1.165) is 61.3 Å². The molecule has 0 fully saturated rings. The molecule has 0 aromatic heterocycles. The Bertz CT molecular complexity index is 830. The molecule has 0 N–H and O–H groups in total. The molecule has 0 saturated heterocycles. The second-order valence-corrected chi connectivity index (χ2v) is 8.14. The van der Waals surface area contributed by atoms with Crippen LogP contribution in [-0.2, 0) is 25.7 Å². The molecule has 0 saturated carbocycles. The Hall–Kier alpha value is -2.22. The molecule has 2 aromatic rings. The second kappa shape index (κ2) is 12.5. The van der Waals surface area contributed by atoms with Gasteiger partial charge in [-0.1, -0.05) is 59.6 Å². The number of aryl methyl sites for hydroxylation is 4. The zero-order valence-electron chi connectivity index (χ0n) is 20.0. The topological polar surface area (TPSA) is 24.7 Å². The highest BCUT2D eigenvalue weighted by molar-refractivity contribution is 6.42. The predicted molar refractivity (Wildman–Crippen MR) is 134 cm³/mol. The first-order valence-electron chi connectivity index (χ1n) is 11.9. The number of hydrogen-bond acceptors (Lipinski definition) is 2. The molecule has 0 bridgehead atoms. The van der Waals surface area contributed by atoms with Crippen molar-refractivity contribution < 1.29 is 0 Å². The maximum absolute atomic E-state index is 5.11. The Morgan fingerprint density at radius 1 is 0.600 bits per heavy atom. The number of unbranched alkanes of at least 4 members (excludes halogenated alkanes) is 2. The summed E-state index contributed by atoms with van der Waals surface area (Å²) in [6.45, 7) is 13.2. The van der Waals surface area contributed by atoms with Crippen molar-refractivity contribution in [3.63, 3.8) is 0 Å². The van der Waals surface area contributed by atoms with Crippen molar-refractivity contribution in [2.75, 3.05) is 0 Å². The molecule has 0 aliphatic heterocycles. The third-order valence-electron chi connectivity index (χ3n) is 5.70. The second-order valence-electron chi connectivity index (χ2n) is 8.14. The van der Waals surface area contributed by atoms with Gasteiger partial charge in [0.1, 0.15) is 0 Å². The van der Waals surface area contributed by atoms with Crippen LogP contribution in [0.5, 0.6) is 0 Å². The van der Waals surface area contributed by atoms with E-state index >= 15 is 0 Å². The zero-order valence-corrected chi connectivity index (χ0v) is 20.0. The predicted octanol–water partition coefficient (Wildman–Crippen LogP) is 8.38. The lowest BCUT2D eigenvalue weighted by molar-refractivity contribution is 0.744. The Kier molecular flexibility index (Phi) is 10.00. The summed E-state index contributed by atoms with van der Waals surface area (Å²) in [7, 11) is 0. The number of aliphatic imine (C=N–C) groups is 2. The Morgan fingerprint density at radius 2 is 1.03 bits per heavy atom. The maximum Gasteiger partial charge on any atom is 0.0639 e. The number of nitrogens with zero attached hydrogens (tertiary/aromatic N) is 2. The molecule has 0 spiro atoms. The first-order valence-corrected chi connectivity index (χ1v) is 11.9. The normalized spacial score (nSPS) is 12.5. The minimum atomic E-state index is 0.981.